The molecule has 1 saturated carbocycles. The molecule has 3 nitrogen and oxygen atoms in total. The Balaban J connectivity index is 1.47. The number of ether oxygens (including phenoxy) is 1. The lowest BCUT2D eigenvalue weighted by atomic mass is 9.76. The second kappa shape index (κ2) is 9.66. The molecule has 3 atom stereocenters. The normalized spacial score (nSPS) is 20.4. The van der Waals surface area contributed by atoms with Gasteiger partial charge in [0.2, 0.25) is 0 Å². The van der Waals surface area contributed by atoms with Gasteiger partial charge in [-0.05, 0) is 72.5 Å². The molecule has 0 bridgehead atoms. The molecule has 3 aromatic carbocycles. The van der Waals surface area contributed by atoms with Gasteiger partial charge in [-0.1, -0.05) is 31.9 Å². The number of benzene rings is 3. The maximum Gasteiger partial charge on any atom is 0.343 e. The van der Waals surface area contributed by atoms with Gasteiger partial charge in [0.05, 0.1) is 5.56 Å². The molecule has 3 aromatic rings. The van der Waals surface area contributed by atoms with Crippen molar-refractivity contribution in [1.29, 1.82) is 5.26 Å². The van der Waals surface area contributed by atoms with Crippen LogP contribution in [0.2, 0.25) is 0 Å². The van der Waals surface area contributed by atoms with Gasteiger partial charge in [-0.3, -0.25) is 0 Å². The number of alkyl halides is 1. The van der Waals surface area contributed by atoms with E-state index >= 15 is 0 Å². The van der Waals surface area contributed by atoms with E-state index in [0.29, 0.717) is 17.9 Å². The molecule has 0 N–H and O–H groups in total. The first kappa shape index (κ1) is 22.8. The molecule has 170 valence electrons. The summed E-state index contributed by atoms with van der Waals surface area (Å²) in [5.74, 6) is -2.14. The average molecular weight is 451 g/mol. The minimum atomic E-state index is -0.975. The van der Waals surface area contributed by atoms with Gasteiger partial charge in [0.15, 0.2) is 5.82 Å². The third kappa shape index (κ3) is 4.73. The van der Waals surface area contributed by atoms with Gasteiger partial charge in [-0.25, -0.2) is 18.0 Å². The Morgan fingerprint density at radius 2 is 1.88 bits per heavy atom. The number of rotatable bonds is 5. The van der Waals surface area contributed by atoms with Crippen LogP contribution in [0.5, 0.6) is 5.75 Å². The van der Waals surface area contributed by atoms with Crippen molar-refractivity contribution in [2.75, 3.05) is 0 Å². The Morgan fingerprint density at radius 3 is 2.55 bits per heavy atom. The lowest BCUT2D eigenvalue weighted by molar-refractivity contribution is 0.0735. The summed E-state index contributed by atoms with van der Waals surface area (Å²) < 4.78 is 48.3. The molecule has 1 fully saturated rings. The summed E-state index contributed by atoms with van der Waals surface area (Å²) in [5, 5.41) is 9.13. The zero-order valence-electron chi connectivity index (χ0n) is 18.3. The fourth-order valence-electron chi connectivity index (χ4n) is 4.75. The highest BCUT2D eigenvalue weighted by molar-refractivity contribution is 5.92. The van der Waals surface area contributed by atoms with Gasteiger partial charge in [0.1, 0.15) is 29.4 Å². The van der Waals surface area contributed by atoms with E-state index in [1.54, 1.807) is 24.3 Å². The molecule has 6 heteroatoms. The van der Waals surface area contributed by atoms with Gasteiger partial charge in [-0.2, -0.15) is 5.26 Å². The van der Waals surface area contributed by atoms with Crippen LogP contribution in [-0.4, -0.2) is 12.1 Å². The number of esters is 1. The first-order chi connectivity index (χ1) is 15.9. The number of fused-ring (bicyclic) bond motifs is 1. The van der Waals surface area contributed by atoms with Crippen molar-refractivity contribution in [2.24, 2.45) is 5.92 Å². The predicted molar refractivity (Wildman–Crippen MR) is 120 cm³/mol. The predicted octanol–water partition coefficient (Wildman–Crippen LogP) is 7.23. The first-order valence-electron chi connectivity index (χ1n) is 11.2. The third-order valence-corrected chi connectivity index (χ3v) is 6.47. The molecule has 0 heterocycles. The van der Waals surface area contributed by atoms with Crippen molar-refractivity contribution in [1.82, 2.24) is 0 Å². The van der Waals surface area contributed by atoms with E-state index in [1.807, 2.05) is 0 Å². The van der Waals surface area contributed by atoms with E-state index in [1.165, 1.54) is 24.3 Å². The molecule has 0 amide bonds. The summed E-state index contributed by atoms with van der Waals surface area (Å²) >= 11 is 0. The molecule has 0 spiro atoms. The van der Waals surface area contributed by atoms with Gasteiger partial charge in [0, 0.05) is 11.3 Å². The third-order valence-electron chi connectivity index (χ3n) is 6.47. The number of nitrogens with zero attached hydrogens (tertiary/aromatic N) is 1. The molecule has 0 saturated heterocycles. The van der Waals surface area contributed by atoms with E-state index in [9.17, 15) is 18.0 Å². The fraction of sp³-hybridized carbons (Fsp3) is 0.333. The van der Waals surface area contributed by atoms with Crippen molar-refractivity contribution in [3.05, 3.63) is 76.9 Å². The summed E-state index contributed by atoms with van der Waals surface area (Å²) in [6, 6.07) is 13.4. The molecule has 0 radical (unpaired) electrons. The monoisotopic (exact) mass is 451 g/mol. The van der Waals surface area contributed by atoms with Crippen LogP contribution in [0.25, 0.3) is 10.8 Å². The zero-order chi connectivity index (χ0) is 23.5. The topological polar surface area (TPSA) is 50.1 Å². The minimum absolute atomic E-state index is 0.0616. The highest BCUT2D eigenvalue weighted by atomic mass is 19.1. The maximum atomic E-state index is 14.7. The zero-order valence-corrected chi connectivity index (χ0v) is 18.3. The van der Waals surface area contributed by atoms with E-state index in [0.717, 1.165) is 37.3 Å². The minimum Gasteiger partial charge on any atom is -0.423 e. The Labute approximate surface area is 190 Å². The van der Waals surface area contributed by atoms with E-state index in [-0.39, 0.29) is 22.4 Å². The lowest BCUT2D eigenvalue weighted by Crippen LogP contribution is -2.24. The highest BCUT2D eigenvalue weighted by Gasteiger charge is 2.31. The number of hydrogen-bond acceptors (Lipinski definition) is 3. The second-order valence-corrected chi connectivity index (χ2v) is 8.64. The summed E-state index contributed by atoms with van der Waals surface area (Å²) in [6.07, 6.45) is 3.65. The van der Waals surface area contributed by atoms with Crippen molar-refractivity contribution in [3.8, 4) is 11.8 Å². The average Bonchev–Trinajstić information content (AvgIpc) is 2.79. The fourth-order valence-corrected chi connectivity index (χ4v) is 4.75. The van der Waals surface area contributed by atoms with Gasteiger partial charge < -0.3 is 4.74 Å². The van der Waals surface area contributed by atoms with Crippen LogP contribution in [0.3, 0.4) is 0 Å². The largest absolute Gasteiger partial charge is 0.423 e. The van der Waals surface area contributed by atoms with E-state index < -0.39 is 29.3 Å². The molecule has 0 aliphatic heterocycles. The smallest absolute Gasteiger partial charge is 0.343 e. The highest BCUT2D eigenvalue weighted by Crippen LogP contribution is 2.39. The molecular weight excluding hydrogens is 427 g/mol. The SMILES string of the molecule is CCCC1CCC(c2ccc(C(=O)Oc3ccc4c(F)c(C#N)c(F)cc4c3)cc2)C(F)C1. The summed E-state index contributed by atoms with van der Waals surface area (Å²) in [7, 11) is 0. The van der Waals surface area contributed by atoms with Crippen molar-refractivity contribution < 1.29 is 22.7 Å². The number of halogens is 3. The Kier molecular flexibility index (Phi) is 6.69. The van der Waals surface area contributed by atoms with Crippen LogP contribution in [0, 0.1) is 28.9 Å². The van der Waals surface area contributed by atoms with Crippen molar-refractivity contribution >= 4 is 16.7 Å². The Bertz CT molecular complexity index is 1220. The number of carbonyl (C=O) groups excluding carboxylic acids is 1. The summed E-state index contributed by atoms with van der Waals surface area (Å²) in [4.78, 5) is 12.6. The van der Waals surface area contributed by atoms with Crippen LogP contribution in [-0.2, 0) is 0 Å². The van der Waals surface area contributed by atoms with Gasteiger partial charge in [0.25, 0.3) is 0 Å². The Morgan fingerprint density at radius 1 is 1.12 bits per heavy atom. The number of hydrogen-bond donors (Lipinski definition) is 0. The summed E-state index contributed by atoms with van der Waals surface area (Å²) in [5.41, 5.74) is 0.520. The number of nitriles is 1. The standard InChI is InChI=1S/C27H24F3NO2/c1-2-3-16-4-10-21(24(28)12-16)17-5-7-18(8-6-17)27(32)33-20-9-11-22-19(13-20)14-25(29)23(15-31)26(22)30/h5-9,11,13-14,16,21,24H,2-4,10,12H2,1H3. The van der Waals surface area contributed by atoms with Gasteiger partial charge in [-0.15, -0.1) is 0 Å². The summed E-state index contributed by atoms with van der Waals surface area (Å²) in [6.45, 7) is 2.12. The maximum absolute atomic E-state index is 14.7. The first-order valence-corrected chi connectivity index (χ1v) is 11.2. The number of carbonyl (C=O) groups is 1. The molecule has 4 rings (SSSR count). The lowest BCUT2D eigenvalue weighted by Gasteiger charge is -2.32. The van der Waals surface area contributed by atoms with Crippen LogP contribution >= 0.6 is 0 Å². The Hall–Kier alpha value is -3.33. The van der Waals surface area contributed by atoms with Crippen molar-refractivity contribution in [3.63, 3.8) is 0 Å². The van der Waals surface area contributed by atoms with Crippen LogP contribution in [0.15, 0.2) is 48.5 Å². The molecular formula is C27H24F3NO2. The molecule has 1 aliphatic rings. The van der Waals surface area contributed by atoms with Crippen LogP contribution < -0.4 is 4.74 Å². The van der Waals surface area contributed by atoms with E-state index in [2.05, 4.69) is 6.92 Å². The van der Waals surface area contributed by atoms with E-state index in [4.69, 9.17) is 10.00 Å². The molecule has 3 unspecified atom stereocenters. The van der Waals surface area contributed by atoms with Crippen molar-refractivity contribution in [2.45, 2.75) is 51.1 Å². The van der Waals surface area contributed by atoms with Gasteiger partial charge >= 0.3 is 5.97 Å². The molecule has 1 aliphatic carbocycles. The molecule has 33 heavy (non-hydrogen) atoms. The quantitative estimate of drug-likeness (QED) is 0.304. The second-order valence-electron chi connectivity index (χ2n) is 8.64. The van der Waals surface area contributed by atoms with Crippen LogP contribution in [0.4, 0.5) is 13.2 Å². The van der Waals surface area contributed by atoms with Crippen LogP contribution in [0.1, 0.15) is 66.4 Å². The molecule has 0 aromatic heterocycles.